The van der Waals surface area contributed by atoms with Crippen LogP contribution in [0.4, 0.5) is 5.69 Å². The van der Waals surface area contributed by atoms with E-state index in [4.69, 9.17) is 0 Å². The summed E-state index contributed by atoms with van der Waals surface area (Å²) >= 11 is 0. The van der Waals surface area contributed by atoms with E-state index in [0.717, 1.165) is 18.5 Å². The maximum atomic E-state index is 9.59. The maximum Gasteiger partial charge on any atom is 0.0709 e. The summed E-state index contributed by atoms with van der Waals surface area (Å²) in [7, 11) is 0. The maximum absolute atomic E-state index is 9.59. The highest BCUT2D eigenvalue weighted by molar-refractivity contribution is 5.78. The zero-order chi connectivity index (χ0) is 13.2. The van der Waals surface area contributed by atoms with Gasteiger partial charge in [0.25, 0.3) is 0 Å². The second-order valence-electron chi connectivity index (χ2n) is 5.15. The number of nitrogens with one attached hydrogen (secondary N) is 1. The Kier molecular flexibility index (Phi) is 3.26. The van der Waals surface area contributed by atoms with Crippen molar-refractivity contribution in [2.24, 2.45) is 0 Å². The minimum absolute atomic E-state index is 0.273. The zero-order valence-electron chi connectivity index (χ0n) is 11.2. The third kappa shape index (κ3) is 2.36. The average Bonchev–Trinajstić information content (AvgIpc) is 2.82. The molecule has 0 saturated carbocycles. The summed E-state index contributed by atoms with van der Waals surface area (Å²) < 4.78 is 0. The fraction of sp³-hybridized carbons (Fsp3) is 0.294. The van der Waals surface area contributed by atoms with Crippen LogP contribution in [0.3, 0.4) is 0 Å². The Labute approximate surface area is 114 Å². The zero-order valence-corrected chi connectivity index (χ0v) is 11.2. The van der Waals surface area contributed by atoms with Crippen LogP contribution < -0.4 is 5.32 Å². The van der Waals surface area contributed by atoms with E-state index in [1.165, 1.54) is 22.3 Å². The molecule has 1 aliphatic carbocycles. The summed E-state index contributed by atoms with van der Waals surface area (Å²) in [5.41, 5.74) is 6.58. The molecule has 0 fully saturated rings. The lowest BCUT2D eigenvalue weighted by molar-refractivity contribution is 0.183. The van der Waals surface area contributed by atoms with Crippen molar-refractivity contribution in [3.8, 4) is 11.1 Å². The van der Waals surface area contributed by atoms with E-state index in [-0.39, 0.29) is 6.10 Å². The third-order valence-corrected chi connectivity index (χ3v) is 3.81. The molecule has 2 aromatic rings. The number of fused-ring (bicyclic) bond motifs is 3. The Hall–Kier alpha value is -1.80. The summed E-state index contributed by atoms with van der Waals surface area (Å²) in [5, 5.41) is 12.9. The molecule has 2 heteroatoms. The van der Waals surface area contributed by atoms with Crippen molar-refractivity contribution in [1.29, 1.82) is 0 Å². The molecule has 1 atom stereocenters. The van der Waals surface area contributed by atoms with E-state index in [1.54, 1.807) is 0 Å². The summed E-state index contributed by atoms with van der Waals surface area (Å²) in [5.74, 6) is 0. The van der Waals surface area contributed by atoms with Crippen LogP contribution in [0.1, 0.15) is 24.5 Å². The van der Waals surface area contributed by atoms with Gasteiger partial charge < -0.3 is 10.4 Å². The SMILES string of the molecule is CCC(O)CNc1ccc2c(c1)Cc1ccccc1-2. The van der Waals surface area contributed by atoms with Crippen LogP contribution in [0.2, 0.25) is 0 Å². The van der Waals surface area contributed by atoms with Crippen LogP contribution in [0, 0.1) is 0 Å². The van der Waals surface area contributed by atoms with Gasteiger partial charge in [-0.1, -0.05) is 37.3 Å². The Bertz CT molecular complexity index is 592. The first-order valence-corrected chi connectivity index (χ1v) is 6.91. The molecule has 19 heavy (non-hydrogen) atoms. The number of aliphatic hydroxyl groups excluding tert-OH is 1. The first-order valence-electron chi connectivity index (χ1n) is 6.91. The second-order valence-corrected chi connectivity index (χ2v) is 5.15. The third-order valence-electron chi connectivity index (χ3n) is 3.81. The molecule has 0 aliphatic heterocycles. The van der Waals surface area contributed by atoms with Crippen LogP contribution in [-0.2, 0) is 6.42 Å². The van der Waals surface area contributed by atoms with Crippen molar-refractivity contribution in [3.63, 3.8) is 0 Å². The van der Waals surface area contributed by atoms with Gasteiger partial charge in [0.1, 0.15) is 0 Å². The molecule has 3 rings (SSSR count). The summed E-state index contributed by atoms with van der Waals surface area (Å²) in [6.07, 6.45) is 1.52. The number of benzene rings is 2. The standard InChI is InChI=1S/C17H19NO/c1-2-15(19)11-18-14-7-8-17-13(10-14)9-12-5-3-4-6-16(12)17/h3-8,10,15,18-19H,2,9,11H2,1H3. The highest BCUT2D eigenvalue weighted by Gasteiger charge is 2.17. The van der Waals surface area contributed by atoms with Gasteiger partial charge in [-0.25, -0.2) is 0 Å². The molecule has 0 amide bonds. The lowest BCUT2D eigenvalue weighted by Crippen LogP contribution is -2.18. The van der Waals surface area contributed by atoms with Crippen LogP contribution in [0.5, 0.6) is 0 Å². The molecule has 1 aliphatic rings. The molecular weight excluding hydrogens is 234 g/mol. The number of hydrogen-bond donors (Lipinski definition) is 2. The van der Waals surface area contributed by atoms with Crippen molar-refractivity contribution in [1.82, 2.24) is 0 Å². The van der Waals surface area contributed by atoms with Gasteiger partial charge in [-0.05, 0) is 47.2 Å². The molecule has 2 aromatic carbocycles. The van der Waals surface area contributed by atoms with Gasteiger partial charge in [-0.2, -0.15) is 0 Å². The van der Waals surface area contributed by atoms with Gasteiger partial charge in [-0.3, -0.25) is 0 Å². The van der Waals surface area contributed by atoms with Crippen LogP contribution in [-0.4, -0.2) is 17.8 Å². The first-order chi connectivity index (χ1) is 9.28. The monoisotopic (exact) mass is 253 g/mol. The van der Waals surface area contributed by atoms with E-state index in [1.807, 2.05) is 6.92 Å². The highest BCUT2D eigenvalue weighted by Crippen LogP contribution is 2.37. The fourth-order valence-electron chi connectivity index (χ4n) is 2.64. The Morgan fingerprint density at radius 1 is 1.11 bits per heavy atom. The molecule has 0 heterocycles. The van der Waals surface area contributed by atoms with Crippen LogP contribution >= 0.6 is 0 Å². The van der Waals surface area contributed by atoms with E-state index in [2.05, 4.69) is 47.8 Å². The van der Waals surface area contributed by atoms with Gasteiger partial charge in [0, 0.05) is 12.2 Å². The number of anilines is 1. The number of rotatable bonds is 4. The molecule has 0 spiro atoms. The molecule has 2 nitrogen and oxygen atoms in total. The molecule has 0 bridgehead atoms. The highest BCUT2D eigenvalue weighted by atomic mass is 16.3. The fourth-order valence-corrected chi connectivity index (χ4v) is 2.64. The van der Waals surface area contributed by atoms with Crippen molar-refractivity contribution in [2.75, 3.05) is 11.9 Å². The number of aliphatic hydroxyl groups is 1. The second kappa shape index (κ2) is 5.06. The Balaban J connectivity index is 1.81. The summed E-state index contributed by atoms with van der Waals surface area (Å²) in [6, 6.07) is 15.1. The lowest BCUT2D eigenvalue weighted by Gasteiger charge is -2.12. The predicted octanol–water partition coefficient (Wildman–Crippen LogP) is 3.44. The lowest BCUT2D eigenvalue weighted by atomic mass is 10.1. The minimum atomic E-state index is -0.273. The minimum Gasteiger partial charge on any atom is -0.391 e. The van der Waals surface area contributed by atoms with Gasteiger partial charge in [0.05, 0.1) is 6.10 Å². The van der Waals surface area contributed by atoms with Gasteiger partial charge in [0.15, 0.2) is 0 Å². The van der Waals surface area contributed by atoms with Gasteiger partial charge >= 0.3 is 0 Å². The van der Waals surface area contributed by atoms with Crippen LogP contribution in [0.25, 0.3) is 11.1 Å². The summed E-state index contributed by atoms with van der Waals surface area (Å²) in [4.78, 5) is 0. The molecule has 0 aromatic heterocycles. The van der Waals surface area contributed by atoms with Crippen molar-refractivity contribution < 1.29 is 5.11 Å². The van der Waals surface area contributed by atoms with E-state index in [9.17, 15) is 5.11 Å². The average molecular weight is 253 g/mol. The Morgan fingerprint density at radius 3 is 2.74 bits per heavy atom. The first kappa shape index (κ1) is 12.2. The molecular formula is C17H19NO. The molecule has 0 radical (unpaired) electrons. The molecule has 98 valence electrons. The Morgan fingerprint density at radius 2 is 1.89 bits per heavy atom. The van der Waals surface area contributed by atoms with Crippen molar-refractivity contribution in [2.45, 2.75) is 25.9 Å². The van der Waals surface area contributed by atoms with Crippen molar-refractivity contribution >= 4 is 5.69 Å². The molecule has 1 unspecified atom stereocenters. The smallest absolute Gasteiger partial charge is 0.0709 e. The molecule has 2 N–H and O–H groups in total. The topological polar surface area (TPSA) is 32.3 Å². The number of hydrogen-bond acceptors (Lipinski definition) is 2. The van der Waals surface area contributed by atoms with Gasteiger partial charge in [-0.15, -0.1) is 0 Å². The summed E-state index contributed by atoms with van der Waals surface area (Å²) in [6.45, 7) is 2.61. The van der Waals surface area contributed by atoms with Crippen LogP contribution in [0.15, 0.2) is 42.5 Å². The van der Waals surface area contributed by atoms with Crippen molar-refractivity contribution in [3.05, 3.63) is 53.6 Å². The van der Waals surface area contributed by atoms with E-state index in [0.29, 0.717) is 6.54 Å². The van der Waals surface area contributed by atoms with E-state index >= 15 is 0 Å². The van der Waals surface area contributed by atoms with E-state index < -0.39 is 0 Å². The largest absolute Gasteiger partial charge is 0.391 e. The molecule has 0 saturated heterocycles. The normalized spacial score (nSPS) is 13.8. The quantitative estimate of drug-likeness (QED) is 0.746. The predicted molar refractivity (Wildman–Crippen MR) is 79.5 cm³/mol. The van der Waals surface area contributed by atoms with Gasteiger partial charge in [0.2, 0.25) is 0 Å².